The Hall–Kier alpha value is -1.56. The Morgan fingerprint density at radius 2 is 1.92 bits per heavy atom. The zero-order valence-electron chi connectivity index (χ0n) is 15.1. The van der Waals surface area contributed by atoms with Gasteiger partial charge in [0.25, 0.3) is 0 Å². The Labute approximate surface area is 166 Å². The van der Waals surface area contributed by atoms with Crippen LogP contribution in [-0.4, -0.2) is 40.6 Å². The van der Waals surface area contributed by atoms with Crippen molar-refractivity contribution in [3.05, 3.63) is 52.8 Å². The lowest BCUT2D eigenvalue weighted by Crippen LogP contribution is -2.35. The first-order chi connectivity index (χ1) is 11.6. The summed E-state index contributed by atoms with van der Waals surface area (Å²) in [7, 11) is 0. The molecule has 1 aromatic heterocycles. The van der Waals surface area contributed by atoms with E-state index < -0.39 is 0 Å². The van der Waals surface area contributed by atoms with Gasteiger partial charge in [0.2, 0.25) is 5.91 Å². The van der Waals surface area contributed by atoms with Crippen LogP contribution >= 0.6 is 24.8 Å². The topological polar surface area (TPSA) is 61.0 Å². The minimum atomic E-state index is 0. The van der Waals surface area contributed by atoms with Crippen LogP contribution in [0.15, 0.2) is 30.3 Å². The van der Waals surface area contributed by atoms with E-state index in [1.165, 1.54) is 5.56 Å². The molecular weight excluding hydrogens is 371 g/mol. The molecule has 1 aromatic carbocycles. The summed E-state index contributed by atoms with van der Waals surface area (Å²) >= 11 is 0. The van der Waals surface area contributed by atoms with Gasteiger partial charge < -0.3 is 10.2 Å². The molecule has 2 saturated heterocycles. The standard InChI is InChI=1S/C19H24N4O.2ClH/c1-12-16(13(2)22-21-12)8-18(24)23-11-15-9-20-10-17(15)19(23)14-6-4-3-5-7-14;;/h3-7,15,17,19-20H,8-11H2,1-2H3,(H,21,22);2*1H/t15-,17-,19-;;/m0../s1. The molecule has 0 unspecified atom stereocenters. The van der Waals surface area contributed by atoms with Crippen LogP contribution in [0.2, 0.25) is 0 Å². The lowest BCUT2D eigenvalue weighted by molar-refractivity contribution is -0.131. The van der Waals surface area contributed by atoms with Gasteiger partial charge in [-0.15, -0.1) is 24.8 Å². The second kappa shape index (κ2) is 8.42. The van der Waals surface area contributed by atoms with Gasteiger partial charge in [-0.05, 0) is 25.3 Å². The molecule has 4 rings (SSSR count). The van der Waals surface area contributed by atoms with E-state index in [0.29, 0.717) is 18.3 Å². The minimum absolute atomic E-state index is 0. The number of halogens is 2. The summed E-state index contributed by atoms with van der Waals surface area (Å²) < 4.78 is 0. The number of fused-ring (bicyclic) bond motifs is 1. The van der Waals surface area contributed by atoms with Gasteiger partial charge in [0, 0.05) is 36.8 Å². The van der Waals surface area contributed by atoms with E-state index in [2.05, 4.69) is 44.7 Å². The number of amides is 1. The molecule has 0 radical (unpaired) electrons. The van der Waals surface area contributed by atoms with E-state index in [9.17, 15) is 4.79 Å². The fourth-order valence-corrected chi connectivity index (χ4v) is 4.34. The van der Waals surface area contributed by atoms with Crippen molar-refractivity contribution in [1.82, 2.24) is 20.4 Å². The van der Waals surface area contributed by atoms with Crippen molar-refractivity contribution in [3.8, 4) is 0 Å². The van der Waals surface area contributed by atoms with Gasteiger partial charge in [0.1, 0.15) is 0 Å². The summed E-state index contributed by atoms with van der Waals surface area (Å²) in [6.45, 7) is 6.81. The molecule has 2 N–H and O–H groups in total. The first-order valence-electron chi connectivity index (χ1n) is 8.70. The molecule has 0 aliphatic carbocycles. The zero-order chi connectivity index (χ0) is 16.7. The highest BCUT2D eigenvalue weighted by atomic mass is 35.5. The third kappa shape index (κ3) is 3.61. The van der Waals surface area contributed by atoms with Gasteiger partial charge >= 0.3 is 0 Å². The second-order valence-electron chi connectivity index (χ2n) is 7.07. The molecule has 0 spiro atoms. The number of nitrogens with one attached hydrogen (secondary N) is 2. The van der Waals surface area contributed by atoms with Crippen LogP contribution < -0.4 is 5.32 Å². The number of hydrogen-bond acceptors (Lipinski definition) is 3. The molecule has 2 aliphatic heterocycles. The highest BCUT2D eigenvalue weighted by Crippen LogP contribution is 2.42. The average Bonchev–Trinajstić information content (AvgIpc) is 3.25. The molecule has 2 aliphatic rings. The van der Waals surface area contributed by atoms with E-state index in [0.717, 1.165) is 36.6 Å². The Bertz CT molecular complexity index is 730. The van der Waals surface area contributed by atoms with E-state index in [1.807, 2.05) is 19.9 Å². The Morgan fingerprint density at radius 3 is 2.58 bits per heavy atom. The van der Waals surface area contributed by atoms with Crippen molar-refractivity contribution < 1.29 is 4.79 Å². The lowest BCUT2D eigenvalue weighted by Gasteiger charge is -2.28. The number of carbonyl (C=O) groups is 1. The van der Waals surface area contributed by atoms with Crippen molar-refractivity contribution >= 4 is 30.7 Å². The van der Waals surface area contributed by atoms with E-state index in [1.54, 1.807) is 0 Å². The third-order valence-corrected chi connectivity index (χ3v) is 5.63. The van der Waals surface area contributed by atoms with E-state index in [-0.39, 0.29) is 36.8 Å². The van der Waals surface area contributed by atoms with Crippen LogP contribution in [0.5, 0.6) is 0 Å². The number of benzene rings is 1. The van der Waals surface area contributed by atoms with Crippen molar-refractivity contribution in [2.75, 3.05) is 19.6 Å². The van der Waals surface area contributed by atoms with Crippen molar-refractivity contribution in [1.29, 1.82) is 0 Å². The van der Waals surface area contributed by atoms with Gasteiger partial charge in [-0.2, -0.15) is 5.10 Å². The molecule has 5 nitrogen and oxygen atoms in total. The number of aromatic amines is 1. The first-order valence-corrected chi connectivity index (χ1v) is 8.70. The molecule has 0 bridgehead atoms. The Balaban J connectivity index is 0.00000121. The summed E-state index contributed by atoms with van der Waals surface area (Å²) in [6.07, 6.45) is 0.435. The highest BCUT2D eigenvalue weighted by molar-refractivity contribution is 5.85. The SMILES string of the molecule is Cc1n[nH]c(C)c1CC(=O)N1C[C@@H]2CNC[C@@H]2[C@@H]1c1ccccc1.Cl.Cl. The van der Waals surface area contributed by atoms with Crippen LogP contribution in [0.25, 0.3) is 0 Å². The van der Waals surface area contributed by atoms with Gasteiger partial charge in [0.05, 0.1) is 18.2 Å². The summed E-state index contributed by atoms with van der Waals surface area (Å²) in [4.78, 5) is 15.2. The Morgan fingerprint density at radius 1 is 1.19 bits per heavy atom. The van der Waals surface area contributed by atoms with Gasteiger partial charge in [-0.25, -0.2) is 0 Å². The van der Waals surface area contributed by atoms with Gasteiger partial charge in [-0.3, -0.25) is 9.89 Å². The van der Waals surface area contributed by atoms with Crippen molar-refractivity contribution in [2.45, 2.75) is 26.3 Å². The predicted octanol–water partition coefficient (Wildman–Crippen LogP) is 2.83. The summed E-state index contributed by atoms with van der Waals surface area (Å²) in [5.74, 6) is 1.29. The molecule has 3 atom stereocenters. The zero-order valence-corrected chi connectivity index (χ0v) is 16.7. The number of H-pyrrole nitrogens is 1. The molecule has 142 valence electrons. The number of nitrogens with zero attached hydrogens (tertiary/aromatic N) is 2. The largest absolute Gasteiger partial charge is 0.335 e. The predicted molar refractivity (Wildman–Crippen MR) is 107 cm³/mol. The number of hydrogen-bond donors (Lipinski definition) is 2. The maximum absolute atomic E-state index is 13.1. The molecule has 2 aromatic rings. The summed E-state index contributed by atoms with van der Waals surface area (Å²) in [5.41, 5.74) is 4.22. The number of aryl methyl sites for hydroxylation is 2. The fourth-order valence-electron chi connectivity index (χ4n) is 4.34. The average molecular weight is 397 g/mol. The number of aromatic nitrogens is 2. The molecule has 7 heteroatoms. The third-order valence-electron chi connectivity index (χ3n) is 5.63. The van der Waals surface area contributed by atoms with Crippen molar-refractivity contribution in [2.24, 2.45) is 11.8 Å². The molecule has 2 fully saturated rings. The molecule has 0 saturated carbocycles. The lowest BCUT2D eigenvalue weighted by atomic mass is 9.89. The monoisotopic (exact) mass is 396 g/mol. The molecular formula is C19H26Cl2N4O. The van der Waals surface area contributed by atoms with Crippen LogP contribution in [0.1, 0.15) is 28.6 Å². The smallest absolute Gasteiger partial charge is 0.227 e. The van der Waals surface area contributed by atoms with Crippen LogP contribution in [0, 0.1) is 25.7 Å². The number of rotatable bonds is 3. The van der Waals surface area contributed by atoms with E-state index >= 15 is 0 Å². The summed E-state index contributed by atoms with van der Waals surface area (Å²) in [5, 5.41) is 10.7. The Kier molecular flexibility index (Phi) is 6.72. The number of likely N-dealkylation sites (tertiary alicyclic amines) is 1. The highest BCUT2D eigenvalue weighted by Gasteiger charge is 2.46. The van der Waals surface area contributed by atoms with E-state index in [4.69, 9.17) is 0 Å². The van der Waals surface area contributed by atoms with Crippen LogP contribution in [0.4, 0.5) is 0 Å². The first kappa shape index (κ1) is 20.7. The molecule has 3 heterocycles. The summed E-state index contributed by atoms with van der Waals surface area (Å²) in [6, 6.07) is 10.7. The maximum Gasteiger partial charge on any atom is 0.227 e. The maximum atomic E-state index is 13.1. The normalized spacial score (nSPS) is 23.9. The molecule has 26 heavy (non-hydrogen) atoms. The van der Waals surface area contributed by atoms with Crippen LogP contribution in [-0.2, 0) is 11.2 Å². The number of carbonyl (C=O) groups excluding carboxylic acids is 1. The molecule has 1 amide bonds. The fraction of sp³-hybridized carbons (Fsp3) is 0.474. The van der Waals surface area contributed by atoms with Crippen LogP contribution in [0.3, 0.4) is 0 Å². The quantitative estimate of drug-likeness (QED) is 0.838. The minimum Gasteiger partial charge on any atom is -0.335 e. The second-order valence-corrected chi connectivity index (χ2v) is 7.07. The van der Waals surface area contributed by atoms with Gasteiger partial charge in [0.15, 0.2) is 0 Å². The van der Waals surface area contributed by atoms with Crippen molar-refractivity contribution in [3.63, 3.8) is 0 Å². The van der Waals surface area contributed by atoms with Gasteiger partial charge in [-0.1, -0.05) is 30.3 Å².